The first-order valence-electron chi connectivity index (χ1n) is 5.93. The van der Waals surface area contributed by atoms with Crippen LogP contribution in [-0.2, 0) is 9.13 Å². The highest BCUT2D eigenvalue weighted by atomic mass is 31.2. The molecule has 0 spiro atoms. The van der Waals surface area contributed by atoms with Crippen LogP contribution in [0.4, 0.5) is 0 Å². The van der Waals surface area contributed by atoms with Gasteiger partial charge in [0.25, 0.3) is 0 Å². The molecule has 7 N–H and O–H groups in total. The number of aromatic hydroxyl groups is 2. The molecule has 0 radical (unpaired) electrons. The Morgan fingerprint density at radius 3 is 1.42 bits per heavy atom. The predicted molar refractivity (Wildman–Crippen MR) is 83.1 cm³/mol. The van der Waals surface area contributed by atoms with E-state index in [4.69, 9.17) is 39.2 Å². The van der Waals surface area contributed by atoms with Crippen LogP contribution in [0.15, 0.2) is 54.6 Å². The fourth-order valence-electron chi connectivity index (χ4n) is 1.11. The van der Waals surface area contributed by atoms with Crippen LogP contribution < -0.4 is 4.52 Å². The van der Waals surface area contributed by atoms with Crippen molar-refractivity contribution in [3.63, 3.8) is 0 Å². The standard InChI is InChI=1S/C6H7O4P.C6H6O2.H3O4P/c7-11(8,9)10-6-4-2-1-3-5-6;7-5-2-1-3-6(8)4-5;1-5(2,3)4/h1-5H,(H2,7,8,9);1-4,7-8H;(H3,1,2,3,4). The molecule has 0 unspecified atom stereocenters. The van der Waals surface area contributed by atoms with E-state index in [1.54, 1.807) is 24.3 Å². The van der Waals surface area contributed by atoms with Crippen LogP contribution in [0.5, 0.6) is 17.2 Å². The van der Waals surface area contributed by atoms with Gasteiger partial charge in [0, 0.05) is 6.07 Å². The minimum atomic E-state index is -4.64. The zero-order chi connectivity index (χ0) is 18.8. The summed E-state index contributed by atoms with van der Waals surface area (Å²) in [6.07, 6.45) is 0. The van der Waals surface area contributed by atoms with Crippen molar-refractivity contribution >= 4 is 15.6 Å². The van der Waals surface area contributed by atoms with E-state index in [0.717, 1.165) is 0 Å². The van der Waals surface area contributed by atoms with Gasteiger partial charge in [-0.25, -0.2) is 9.13 Å². The largest absolute Gasteiger partial charge is 0.524 e. The lowest BCUT2D eigenvalue weighted by atomic mass is 10.3. The van der Waals surface area contributed by atoms with Crippen molar-refractivity contribution in [2.45, 2.75) is 0 Å². The molecular weight excluding hydrogens is 366 g/mol. The molecule has 10 nitrogen and oxygen atoms in total. The molecule has 0 bridgehead atoms. The second-order valence-electron chi connectivity index (χ2n) is 3.93. The van der Waals surface area contributed by atoms with E-state index in [2.05, 4.69) is 4.52 Å². The molecule has 0 heterocycles. The molecule has 0 saturated carbocycles. The first-order valence-corrected chi connectivity index (χ1v) is 9.03. The lowest BCUT2D eigenvalue weighted by Crippen LogP contribution is -1.88. The number of benzene rings is 2. The van der Waals surface area contributed by atoms with Crippen molar-refractivity contribution in [3.8, 4) is 17.2 Å². The molecular formula is C12H16O10P2. The Morgan fingerprint density at radius 2 is 1.12 bits per heavy atom. The highest BCUT2D eigenvalue weighted by Gasteiger charge is 2.14. The molecule has 134 valence electrons. The Kier molecular flexibility index (Phi) is 9.27. The number of hydrogen-bond donors (Lipinski definition) is 7. The zero-order valence-corrected chi connectivity index (χ0v) is 13.7. The number of hydrogen-bond acceptors (Lipinski definition) is 5. The van der Waals surface area contributed by atoms with Gasteiger partial charge in [0.05, 0.1) is 0 Å². The van der Waals surface area contributed by atoms with Crippen molar-refractivity contribution in [1.29, 1.82) is 0 Å². The second kappa shape index (κ2) is 10.1. The van der Waals surface area contributed by atoms with E-state index < -0.39 is 15.6 Å². The molecule has 0 atom stereocenters. The molecule has 0 fully saturated rings. The molecule has 12 heteroatoms. The molecule has 2 aromatic rings. The van der Waals surface area contributed by atoms with Crippen LogP contribution in [0.3, 0.4) is 0 Å². The van der Waals surface area contributed by atoms with Gasteiger partial charge >= 0.3 is 15.6 Å². The zero-order valence-electron chi connectivity index (χ0n) is 11.9. The maximum absolute atomic E-state index is 10.3. The average Bonchev–Trinajstić information content (AvgIpc) is 2.36. The number of phosphoric ester groups is 1. The fraction of sp³-hybridized carbons (Fsp3) is 0. The van der Waals surface area contributed by atoms with Gasteiger partial charge in [0.1, 0.15) is 17.2 Å². The van der Waals surface area contributed by atoms with E-state index in [1.807, 2.05) is 0 Å². The number of para-hydroxylation sites is 1. The number of phenolic OH excluding ortho intramolecular Hbond substituents is 2. The van der Waals surface area contributed by atoms with E-state index in [-0.39, 0.29) is 17.2 Å². The van der Waals surface area contributed by atoms with Crippen LogP contribution in [0.25, 0.3) is 0 Å². The third kappa shape index (κ3) is 16.5. The van der Waals surface area contributed by atoms with Crippen molar-refractivity contribution in [3.05, 3.63) is 54.6 Å². The summed E-state index contributed by atoms with van der Waals surface area (Å²) < 4.78 is 23.4. The van der Waals surface area contributed by atoms with Crippen LogP contribution in [0.1, 0.15) is 0 Å². The van der Waals surface area contributed by atoms with Crippen LogP contribution in [-0.4, -0.2) is 34.7 Å². The molecule has 0 aromatic heterocycles. The van der Waals surface area contributed by atoms with Crippen molar-refractivity contribution in [2.24, 2.45) is 0 Å². The Bertz CT molecular complexity index is 668. The summed E-state index contributed by atoms with van der Waals surface area (Å²) in [6.45, 7) is 0. The first kappa shape index (κ1) is 22.1. The SMILES string of the molecule is O=P(O)(O)O.O=P(O)(O)Oc1ccccc1.Oc1cccc(O)c1. The third-order valence-corrected chi connectivity index (χ3v) is 2.25. The quantitative estimate of drug-likeness (QED) is 0.374. The molecule has 0 amide bonds. The van der Waals surface area contributed by atoms with Gasteiger partial charge in [-0.05, 0) is 24.3 Å². The number of phosphoric acid groups is 2. The first-order chi connectivity index (χ1) is 10.9. The highest BCUT2D eigenvalue weighted by molar-refractivity contribution is 7.46. The molecule has 0 aliphatic rings. The lowest BCUT2D eigenvalue weighted by molar-refractivity contribution is 0.274. The number of phenols is 2. The minimum Gasteiger partial charge on any atom is -0.508 e. The summed E-state index contributed by atoms with van der Waals surface area (Å²) in [5, 5.41) is 17.3. The second-order valence-corrected chi connectivity index (χ2v) is 6.12. The molecule has 0 aliphatic carbocycles. The Labute approximate surface area is 136 Å². The van der Waals surface area contributed by atoms with Crippen molar-refractivity contribution < 1.29 is 48.3 Å². The van der Waals surface area contributed by atoms with Crippen LogP contribution >= 0.6 is 15.6 Å². The smallest absolute Gasteiger partial charge is 0.508 e. The van der Waals surface area contributed by atoms with Gasteiger partial charge < -0.3 is 29.4 Å². The molecule has 24 heavy (non-hydrogen) atoms. The maximum atomic E-state index is 10.3. The van der Waals surface area contributed by atoms with Gasteiger partial charge in [-0.3, -0.25) is 9.79 Å². The fourth-order valence-corrected chi connectivity index (χ4v) is 1.51. The Morgan fingerprint density at radius 1 is 0.708 bits per heavy atom. The summed E-state index contributed by atoms with van der Waals surface area (Å²) in [5.41, 5.74) is 0. The summed E-state index contributed by atoms with van der Waals surface area (Å²) in [7, 11) is -9.03. The van der Waals surface area contributed by atoms with Crippen LogP contribution in [0, 0.1) is 0 Å². The van der Waals surface area contributed by atoms with Crippen LogP contribution in [0.2, 0.25) is 0 Å². The van der Waals surface area contributed by atoms with E-state index in [0.29, 0.717) is 0 Å². The third-order valence-electron chi connectivity index (χ3n) is 1.80. The minimum absolute atomic E-state index is 0.0880. The van der Waals surface area contributed by atoms with E-state index >= 15 is 0 Å². The predicted octanol–water partition coefficient (Wildman–Crippen LogP) is 1.33. The van der Waals surface area contributed by atoms with Crippen molar-refractivity contribution in [1.82, 2.24) is 0 Å². The molecule has 0 aliphatic heterocycles. The number of rotatable bonds is 2. The highest BCUT2D eigenvalue weighted by Crippen LogP contribution is 2.36. The molecule has 2 rings (SSSR count). The Hall–Kier alpha value is -1.90. The van der Waals surface area contributed by atoms with Gasteiger partial charge in [-0.1, -0.05) is 24.3 Å². The van der Waals surface area contributed by atoms with Gasteiger partial charge in [0.2, 0.25) is 0 Å². The molecule has 0 saturated heterocycles. The van der Waals surface area contributed by atoms with Gasteiger partial charge in [-0.15, -0.1) is 0 Å². The summed E-state index contributed by atoms with van der Waals surface area (Å²) in [5.74, 6) is 0.343. The van der Waals surface area contributed by atoms with Crippen molar-refractivity contribution in [2.75, 3.05) is 0 Å². The van der Waals surface area contributed by atoms with E-state index in [9.17, 15) is 4.57 Å². The summed E-state index contributed by atoms with van der Waals surface area (Å²) in [6, 6.07) is 13.8. The van der Waals surface area contributed by atoms with Gasteiger partial charge in [-0.2, -0.15) is 0 Å². The van der Waals surface area contributed by atoms with E-state index in [1.165, 1.54) is 30.3 Å². The monoisotopic (exact) mass is 382 g/mol. The summed E-state index contributed by atoms with van der Waals surface area (Å²) in [4.78, 5) is 38.3. The molecule has 2 aromatic carbocycles. The summed E-state index contributed by atoms with van der Waals surface area (Å²) >= 11 is 0. The Balaban J connectivity index is 0.000000358. The van der Waals surface area contributed by atoms with Gasteiger partial charge in [0.15, 0.2) is 0 Å². The topological polar surface area (TPSA) is 185 Å². The lowest BCUT2D eigenvalue weighted by Gasteiger charge is -2.04. The average molecular weight is 382 g/mol. The maximum Gasteiger partial charge on any atom is 0.524 e. The normalized spacial score (nSPS) is 10.5.